The third kappa shape index (κ3) is 4.68. The van der Waals surface area contributed by atoms with E-state index in [4.69, 9.17) is 0 Å². The molecule has 128 valence electrons. The maximum atomic E-state index is 12.2. The number of rotatable bonds is 6. The van der Waals surface area contributed by atoms with Gasteiger partial charge in [0, 0.05) is 5.38 Å². The van der Waals surface area contributed by atoms with E-state index in [0.29, 0.717) is 10.3 Å². The molecule has 2 aromatic heterocycles. The van der Waals surface area contributed by atoms with Gasteiger partial charge in [0.15, 0.2) is 5.13 Å². The number of nitrogens with one attached hydrogen (secondary N) is 2. The molecule has 0 aliphatic rings. The summed E-state index contributed by atoms with van der Waals surface area (Å²) in [5.74, 6) is -0.553. The predicted molar refractivity (Wildman–Crippen MR) is 98.1 cm³/mol. The van der Waals surface area contributed by atoms with Gasteiger partial charge >= 0.3 is 0 Å². The fourth-order valence-electron chi connectivity index (χ4n) is 1.99. The molecule has 0 fully saturated rings. The monoisotopic (exact) mass is 373 g/mol. The van der Waals surface area contributed by atoms with Crippen LogP contribution in [0.3, 0.4) is 0 Å². The lowest BCUT2D eigenvalue weighted by molar-refractivity contribution is -0.115. The number of hydrogen-bond donors (Lipinski definition) is 2. The summed E-state index contributed by atoms with van der Waals surface area (Å²) in [5.41, 5.74) is 1.14. The molecule has 25 heavy (non-hydrogen) atoms. The summed E-state index contributed by atoms with van der Waals surface area (Å²) >= 11 is 2.53. The van der Waals surface area contributed by atoms with Gasteiger partial charge in [-0.15, -0.1) is 21.5 Å². The van der Waals surface area contributed by atoms with Crippen molar-refractivity contribution in [2.45, 2.75) is 19.8 Å². The van der Waals surface area contributed by atoms with Crippen molar-refractivity contribution in [2.75, 3.05) is 10.6 Å². The van der Waals surface area contributed by atoms with Crippen LogP contribution in [-0.2, 0) is 17.6 Å². The molecule has 0 bridgehead atoms. The van der Waals surface area contributed by atoms with Crippen molar-refractivity contribution in [3.8, 4) is 0 Å². The van der Waals surface area contributed by atoms with Crippen molar-refractivity contribution in [1.29, 1.82) is 0 Å². The second-order valence-electron chi connectivity index (χ2n) is 5.06. The summed E-state index contributed by atoms with van der Waals surface area (Å²) < 4.78 is 0. The predicted octanol–water partition coefficient (Wildman–Crippen LogP) is 2.99. The number of thiazole rings is 1. The van der Waals surface area contributed by atoms with E-state index in [1.165, 1.54) is 22.7 Å². The Morgan fingerprint density at radius 2 is 1.88 bits per heavy atom. The second kappa shape index (κ2) is 7.95. The number of nitrogens with zero attached hydrogens (tertiary/aromatic N) is 3. The van der Waals surface area contributed by atoms with E-state index in [2.05, 4.69) is 25.8 Å². The first-order chi connectivity index (χ1) is 12.1. The Morgan fingerprint density at radius 3 is 2.60 bits per heavy atom. The van der Waals surface area contributed by atoms with Crippen molar-refractivity contribution < 1.29 is 9.59 Å². The summed E-state index contributed by atoms with van der Waals surface area (Å²) in [5, 5.41) is 16.5. The Bertz CT molecular complexity index is 876. The Morgan fingerprint density at radius 1 is 1.08 bits per heavy atom. The lowest BCUT2D eigenvalue weighted by atomic mass is 10.1. The van der Waals surface area contributed by atoms with E-state index in [9.17, 15) is 9.59 Å². The van der Waals surface area contributed by atoms with Crippen molar-refractivity contribution >= 4 is 44.8 Å². The van der Waals surface area contributed by atoms with Crippen LogP contribution in [0.25, 0.3) is 0 Å². The lowest BCUT2D eigenvalue weighted by Gasteiger charge is -2.01. The van der Waals surface area contributed by atoms with Crippen LogP contribution in [0.4, 0.5) is 10.3 Å². The van der Waals surface area contributed by atoms with E-state index in [0.717, 1.165) is 17.0 Å². The molecule has 0 saturated carbocycles. The minimum absolute atomic E-state index is 0.177. The van der Waals surface area contributed by atoms with Gasteiger partial charge in [-0.3, -0.25) is 14.9 Å². The lowest BCUT2D eigenvalue weighted by Crippen LogP contribution is -2.15. The molecule has 2 N–H and O–H groups in total. The normalized spacial score (nSPS) is 10.4. The molecule has 0 aliphatic heterocycles. The largest absolute Gasteiger partial charge is 0.302 e. The topological polar surface area (TPSA) is 96.9 Å². The van der Waals surface area contributed by atoms with Gasteiger partial charge in [0.05, 0.1) is 6.42 Å². The smallest absolute Gasteiger partial charge is 0.277 e. The van der Waals surface area contributed by atoms with E-state index < -0.39 is 0 Å². The van der Waals surface area contributed by atoms with Crippen molar-refractivity contribution in [3.63, 3.8) is 0 Å². The molecular weight excluding hydrogens is 358 g/mol. The van der Waals surface area contributed by atoms with Crippen molar-refractivity contribution in [2.24, 2.45) is 0 Å². The molecule has 0 saturated heterocycles. The number of aryl methyl sites for hydroxylation is 1. The molecule has 3 rings (SSSR count). The van der Waals surface area contributed by atoms with Crippen LogP contribution < -0.4 is 10.6 Å². The standard InChI is InChI=1S/C16H15N5O2S2/c1-2-13-20-21-16(25-13)19-14(23)11-9-24-15(17-11)18-12(22)8-10-6-4-3-5-7-10/h3-7,9H,2,8H2,1H3,(H,17,18,22)(H,19,21,23). The van der Waals surface area contributed by atoms with Crippen LogP contribution in [-0.4, -0.2) is 27.0 Å². The molecule has 0 radical (unpaired) electrons. The zero-order valence-electron chi connectivity index (χ0n) is 13.4. The van der Waals surface area contributed by atoms with Crippen LogP contribution in [0.1, 0.15) is 28.0 Å². The Labute approximate surface area is 152 Å². The summed E-state index contributed by atoms with van der Waals surface area (Å²) in [7, 11) is 0. The Hall–Kier alpha value is -2.65. The third-order valence-corrected chi connectivity index (χ3v) is 4.92. The van der Waals surface area contributed by atoms with Crippen LogP contribution >= 0.6 is 22.7 Å². The van der Waals surface area contributed by atoms with Gasteiger partial charge in [0.2, 0.25) is 11.0 Å². The van der Waals surface area contributed by atoms with Gasteiger partial charge in [-0.05, 0) is 12.0 Å². The zero-order valence-corrected chi connectivity index (χ0v) is 15.0. The minimum Gasteiger partial charge on any atom is -0.302 e. The highest BCUT2D eigenvalue weighted by Gasteiger charge is 2.14. The molecule has 9 heteroatoms. The number of amides is 2. The minimum atomic E-state index is -0.376. The molecule has 1 aromatic carbocycles. The van der Waals surface area contributed by atoms with Crippen LogP contribution in [0.15, 0.2) is 35.7 Å². The van der Waals surface area contributed by atoms with Gasteiger partial charge in [-0.2, -0.15) is 0 Å². The third-order valence-electron chi connectivity index (χ3n) is 3.18. The molecule has 0 atom stereocenters. The molecule has 0 unspecified atom stereocenters. The first kappa shape index (κ1) is 17.2. The maximum Gasteiger partial charge on any atom is 0.277 e. The number of hydrogen-bond acceptors (Lipinski definition) is 7. The van der Waals surface area contributed by atoms with Crippen LogP contribution in [0.2, 0.25) is 0 Å². The number of aromatic nitrogens is 3. The summed E-state index contributed by atoms with van der Waals surface area (Å²) in [4.78, 5) is 28.3. The van der Waals surface area contributed by atoms with E-state index in [1.807, 2.05) is 37.3 Å². The van der Waals surface area contributed by atoms with Crippen molar-refractivity contribution in [1.82, 2.24) is 15.2 Å². The number of carbonyl (C=O) groups excluding carboxylic acids is 2. The molecule has 7 nitrogen and oxygen atoms in total. The van der Waals surface area contributed by atoms with Gasteiger partial charge < -0.3 is 5.32 Å². The van der Waals surface area contributed by atoms with E-state index >= 15 is 0 Å². The summed E-state index contributed by atoms with van der Waals surface area (Å²) in [6, 6.07) is 9.42. The fraction of sp³-hybridized carbons (Fsp3) is 0.188. The summed E-state index contributed by atoms with van der Waals surface area (Å²) in [6.45, 7) is 1.97. The first-order valence-electron chi connectivity index (χ1n) is 7.57. The molecular formula is C16H15N5O2S2. The average molecular weight is 373 g/mol. The van der Waals surface area contributed by atoms with Gasteiger partial charge in [0.1, 0.15) is 10.7 Å². The van der Waals surface area contributed by atoms with Crippen molar-refractivity contribution in [3.05, 3.63) is 52.0 Å². The fourth-order valence-corrected chi connectivity index (χ4v) is 3.37. The quantitative estimate of drug-likeness (QED) is 0.692. The van der Waals surface area contributed by atoms with E-state index in [-0.39, 0.29) is 23.9 Å². The molecule has 2 amide bonds. The van der Waals surface area contributed by atoms with Gasteiger partial charge in [-0.25, -0.2) is 4.98 Å². The molecule has 3 aromatic rings. The SMILES string of the molecule is CCc1nnc(NC(=O)c2csc(NC(=O)Cc3ccccc3)n2)s1. The number of carbonyl (C=O) groups is 2. The van der Waals surface area contributed by atoms with Crippen LogP contribution in [0.5, 0.6) is 0 Å². The average Bonchev–Trinajstić information content (AvgIpc) is 3.25. The van der Waals surface area contributed by atoms with Crippen LogP contribution in [0, 0.1) is 0 Å². The van der Waals surface area contributed by atoms with E-state index in [1.54, 1.807) is 5.38 Å². The van der Waals surface area contributed by atoms with Gasteiger partial charge in [0.25, 0.3) is 5.91 Å². The Balaban J connectivity index is 1.57. The zero-order chi connectivity index (χ0) is 17.6. The summed E-state index contributed by atoms with van der Waals surface area (Å²) in [6.07, 6.45) is 1.02. The number of anilines is 2. The Kier molecular flexibility index (Phi) is 5.46. The maximum absolute atomic E-state index is 12.2. The van der Waals surface area contributed by atoms with Gasteiger partial charge in [-0.1, -0.05) is 48.6 Å². The molecule has 0 aliphatic carbocycles. The number of benzene rings is 1. The highest BCUT2D eigenvalue weighted by Crippen LogP contribution is 2.19. The first-order valence-corrected chi connectivity index (χ1v) is 9.26. The highest BCUT2D eigenvalue weighted by atomic mass is 32.1. The second-order valence-corrected chi connectivity index (χ2v) is 6.98. The molecule has 0 spiro atoms. The highest BCUT2D eigenvalue weighted by molar-refractivity contribution is 7.15. The molecule has 2 heterocycles.